The minimum absolute atomic E-state index is 0.00330. The lowest BCUT2D eigenvalue weighted by Gasteiger charge is -2.34. The average Bonchev–Trinajstić information content (AvgIpc) is 3.04. The SMILES string of the molecule is CC[C@H](C(=O)N1N=C(C)C[C@]1(O)C(F)(F)F)n1cc([N+](=O)[O-])cn1. The zero-order chi connectivity index (χ0) is 18.3. The molecule has 0 spiro atoms. The van der Waals surface area contributed by atoms with Gasteiger partial charge >= 0.3 is 11.9 Å². The van der Waals surface area contributed by atoms with E-state index in [0.29, 0.717) is 0 Å². The topological polar surface area (TPSA) is 114 Å². The van der Waals surface area contributed by atoms with Gasteiger partial charge in [-0.1, -0.05) is 6.92 Å². The molecule has 0 saturated carbocycles. The highest BCUT2D eigenvalue weighted by Crippen LogP contribution is 2.41. The van der Waals surface area contributed by atoms with Crippen LogP contribution in [0.15, 0.2) is 17.5 Å². The van der Waals surface area contributed by atoms with Crippen molar-refractivity contribution < 1.29 is 28.0 Å². The summed E-state index contributed by atoms with van der Waals surface area (Å²) in [6.07, 6.45) is -4.16. The van der Waals surface area contributed by atoms with Gasteiger partial charge in [0.25, 0.3) is 11.6 Å². The number of aliphatic hydroxyl groups is 1. The summed E-state index contributed by atoms with van der Waals surface area (Å²) < 4.78 is 40.4. The van der Waals surface area contributed by atoms with E-state index in [1.807, 2.05) is 0 Å². The molecule has 9 nitrogen and oxygen atoms in total. The molecule has 0 bridgehead atoms. The summed E-state index contributed by atoms with van der Waals surface area (Å²) in [6.45, 7) is 2.75. The number of hydrazone groups is 1. The van der Waals surface area contributed by atoms with Crippen molar-refractivity contribution in [3.8, 4) is 0 Å². The Labute approximate surface area is 133 Å². The molecule has 2 atom stereocenters. The lowest BCUT2D eigenvalue weighted by Crippen LogP contribution is -2.57. The summed E-state index contributed by atoms with van der Waals surface area (Å²) >= 11 is 0. The van der Waals surface area contributed by atoms with Crippen LogP contribution in [0.1, 0.15) is 32.7 Å². The Morgan fingerprint density at radius 2 is 2.21 bits per heavy atom. The van der Waals surface area contributed by atoms with Crippen molar-refractivity contribution in [2.24, 2.45) is 5.10 Å². The van der Waals surface area contributed by atoms with E-state index in [2.05, 4.69) is 10.2 Å². The Morgan fingerprint density at radius 1 is 1.58 bits per heavy atom. The van der Waals surface area contributed by atoms with Crippen molar-refractivity contribution in [2.75, 3.05) is 0 Å². The molecule has 132 valence electrons. The standard InChI is InChI=1S/C12H14F3N5O4/c1-3-9(18-6-8(5-16-18)20(23)24)10(21)19-11(22,12(13,14)15)4-7(2)17-19/h5-6,9,22H,3-4H2,1-2H3/t9-,11+/m1/s1. The maximum Gasteiger partial charge on any atom is 0.438 e. The highest BCUT2D eigenvalue weighted by atomic mass is 19.4. The monoisotopic (exact) mass is 349 g/mol. The van der Waals surface area contributed by atoms with E-state index in [1.165, 1.54) is 13.8 Å². The molecule has 0 aromatic carbocycles. The molecule has 1 aromatic rings. The molecule has 24 heavy (non-hydrogen) atoms. The molecular formula is C12H14F3N5O4. The zero-order valence-electron chi connectivity index (χ0n) is 12.7. The fourth-order valence-corrected chi connectivity index (χ4v) is 2.38. The van der Waals surface area contributed by atoms with Crippen LogP contribution in [-0.4, -0.2) is 48.3 Å². The van der Waals surface area contributed by atoms with Gasteiger partial charge < -0.3 is 5.11 Å². The van der Waals surface area contributed by atoms with Crippen molar-refractivity contribution in [1.29, 1.82) is 0 Å². The van der Waals surface area contributed by atoms with Gasteiger partial charge in [-0.15, -0.1) is 0 Å². The van der Waals surface area contributed by atoms with Crippen molar-refractivity contribution in [3.05, 3.63) is 22.5 Å². The minimum Gasteiger partial charge on any atom is -0.362 e. The van der Waals surface area contributed by atoms with Crippen LogP contribution < -0.4 is 0 Å². The summed E-state index contributed by atoms with van der Waals surface area (Å²) in [7, 11) is 0. The molecular weight excluding hydrogens is 335 g/mol. The number of alkyl halides is 3. The molecule has 0 fully saturated rings. The van der Waals surface area contributed by atoms with Crippen LogP contribution in [0.25, 0.3) is 0 Å². The normalized spacial score (nSPS) is 22.4. The summed E-state index contributed by atoms with van der Waals surface area (Å²) in [5.41, 5.74) is -3.92. The van der Waals surface area contributed by atoms with Gasteiger partial charge in [0, 0.05) is 12.1 Å². The first-order valence-electron chi connectivity index (χ1n) is 6.87. The predicted molar refractivity (Wildman–Crippen MR) is 73.8 cm³/mol. The fourth-order valence-electron chi connectivity index (χ4n) is 2.38. The average molecular weight is 349 g/mol. The molecule has 2 heterocycles. The van der Waals surface area contributed by atoms with Gasteiger partial charge in [0.05, 0.1) is 4.92 Å². The van der Waals surface area contributed by atoms with E-state index in [1.54, 1.807) is 0 Å². The Balaban J connectivity index is 2.38. The smallest absolute Gasteiger partial charge is 0.362 e. The number of carbonyl (C=O) groups is 1. The number of carbonyl (C=O) groups excluding carboxylic acids is 1. The van der Waals surface area contributed by atoms with Crippen LogP contribution in [0.5, 0.6) is 0 Å². The minimum atomic E-state index is -5.11. The first kappa shape index (κ1) is 17.8. The summed E-state index contributed by atoms with van der Waals surface area (Å²) in [5, 5.41) is 27.8. The molecule has 1 aliphatic heterocycles. The second kappa shape index (κ2) is 5.85. The number of halogens is 3. The van der Waals surface area contributed by atoms with E-state index < -0.39 is 40.9 Å². The van der Waals surface area contributed by atoms with Crippen LogP contribution in [0.2, 0.25) is 0 Å². The van der Waals surface area contributed by atoms with Crippen LogP contribution >= 0.6 is 0 Å². The van der Waals surface area contributed by atoms with Crippen molar-refractivity contribution >= 4 is 17.3 Å². The fraction of sp³-hybridized carbons (Fsp3) is 0.583. The molecule has 12 heteroatoms. The van der Waals surface area contributed by atoms with Crippen LogP contribution in [0, 0.1) is 10.1 Å². The molecule has 2 rings (SSSR count). The highest BCUT2D eigenvalue weighted by Gasteiger charge is 2.63. The lowest BCUT2D eigenvalue weighted by atomic mass is 10.1. The van der Waals surface area contributed by atoms with Gasteiger partial charge in [-0.25, -0.2) is 0 Å². The summed E-state index contributed by atoms with van der Waals surface area (Å²) in [6, 6.07) is -1.28. The van der Waals surface area contributed by atoms with E-state index >= 15 is 0 Å². The van der Waals surface area contributed by atoms with Crippen LogP contribution in [0.3, 0.4) is 0 Å². The third kappa shape index (κ3) is 2.84. The number of nitro groups is 1. The lowest BCUT2D eigenvalue weighted by molar-refractivity contribution is -0.385. The Morgan fingerprint density at radius 3 is 2.67 bits per heavy atom. The number of hydrogen-bond acceptors (Lipinski definition) is 6. The maximum atomic E-state index is 13.2. The largest absolute Gasteiger partial charge is 0.438 e. The van der Waals surface area contributed by atoms with E-state index in [-0.39, 0.29) is 17.1 Å². The van der Waals surface area contributed by atoms with Gasteiger partial charge in [0.2, 0.25) is 0 Å². The molecule has 1 aliphatic rings. The summed E-state index contributed by atoms with van der Waals surface area (Å²) in [4.78, 5) is 22.4. The van der Waals surface area contributed by atoms with Crippen molar-refractivity contribution in [2.45, 2.75) is 44.6 Å². The number of hydrogen-bond donors (Lipinski definition) is 1. The van der Waals surface area contributed by atoms with Crippen LogP contribution in [-0.2, 0) is 4.79 Å². The first-order chi connectivity index (χ1) is 11.0. The molecule has 1 amide bonds. The zero-order valence-corrected chi connectivity index (χ0v) is 12.7. The van der Waals surface area contributed by atoms with E-state index in [9.17, 15) is 33.2 Å². The second-order valence-electron chi connectivity index (χ2n) is 5.34. The molecule has 1 N–H and O–H groups in total. The van der Waals surface area contributed by atoms with Gasteiger partial charge in [-0.2, -0.15) is 28.4 Å². The predicted octanol–water partition coefficient (Wildman–Crippen LogP) is 1.60. The second-order valence-corrected chi connectivity index (χ2v) is 5.34. The third-order valence-electron chi connectivity index (χ3n) is 3.58. The van der Waals surface area contributed by atoms with E-state index in [0.717, 1.165) is 17.1 Å². The highest BCUT2D eigenvalue weighted by molar-refractivity contribution is 5.90. The molecule has 0 unspecified atom stereocenters. The maximum absolute atomic E-state index is 13.2. The molecule has 0 aliphatic carbocycles. The van der Waals surface area contributed by atoms with Gasteiger partial charge in [0.15, 0.2) is 0 Å². The van der Waals surface area contributed by atoms with Crippen molar-refractivity contribution in [3.63, 3.8) is 0 Å². The van der Waals surface area contributed by atoms with Gasteiger partial charge in [0.1, 0.15) is 18.4 Å². The Bertz CT molecular complexity index is 701. The molecule has 0 radical (unpaired) electrons. The van der Waals surface area contributed by atoms with Crippen LogP contribution in [0.4, 0.5) is 18.9 Å². The Kier molecular flexibility index (Phi) is 4.35. The number of amides is 1. The van der Waals surface area contributed by atoms with Gasteiger partial charge in [-0.3, -0.25) is 19.6 Å². The van der Waals surface area contributed by atoms with E-state index in [4.69, 9.17) is 0 Å². The Hall–Kier alpha value is -2.50. The molecule has 0 saturated heterocycles. The third-order valence-corrected chi connectivity index (χ3v) is 3.58. The number of nitrogens with zero attached hydrogens (tertiary/aromatic N) is 5. The van der Waals surface area contributed by atoms with Gasteiger partial charge in [-0.05, 0) is 13.3 Å². The quantitative estimate of drug-likeness (QED) is 0.655. The first-order valence-corrected chi connectivity index (χ1v) is 6.87. The number of rotatable bonds is 4. The van der Waals surface area contributed by atoms with Crippen molar-refractivity contribution in [1.82, 2.24) is 14.8 Å². The summed E-state index contributed by atoms with van der Waals surface area (Å²) in [5.74, 6) is -1.16. The number of aromatic nitrogens is 2. The molecule has 1 aromatic heterocycles.